The van der Waals surface area contributed by atoms with Crippen molar-refractivity contribution in [2.75, 3.05) is 5.73 Å². The van der Waals surface area contributed by atoms with Crippen molar-refractivity contribution in [3.8, 4) is 0 Å². The predicted molar refractivity (Wildman–Crippen MR) is 52.8 cm³/mol. The summed E-state index contributed by atoms with van der Waals surface area (Å²) in [5.41, 5.74) is 6.83. The van der Waals surface area contributed by atoms with Gasteiger partial charge < -0.3 is 10.3 Å². The molecule has 0 aliphatic heterocycles. The van der Waals surface area contributed by atoms with Crippen molar-refractivity contribution < 1.29 is 0 Å². The lowest BCUT2D eigenvalue weighted by Gasteiger charge is -1.97. The Balaban J connectivity index is 2.95. The van der Waals surface area contributed by atoms with Crippen molar-refractivity contribution in [2.45, 2.75) is 0 Å². The molecule has 0 fully saturated rings. The van der Waals surface area contributed by atoms with Crippen molar-refractivity contribution in [1.29, 1.82) is 0 Å². The molecule has 0 amide bonds. The van der Waals surface area contributed by atoms with Crippen LogP contribution in [0, 0.1) is 0 Å². The van der Waals surface area contributed by atoms with Crippen molar-refractivity contribution in [3.05, 3.63) is 22.9 Å². The van der Waals surface area contributed by atoms with E-state index in [9.17, 15) is 0 Å². The van der Waals surface area contributed by atoms with Crippen LogP contribution < -0.4 is 5.73 Å². The van der Waals surface area contributed by atoms with Crippen LogP contribution in [0.15, 0.2) is 22.9 Å². The molecule has 0 saturated carbocycles. The Morgan fingerprint density at radius 3 is 3.00 bits per heavy atom. The van der Waals surface area contributed by atoms with E-state index in [4.69, 9.17) is 5.73 Å². The van der Waals surface area contributed by atoms with Gasteiger partial charge in [-0.05, 0) is 28.1 Å². The monoisotopic (exact) mass is 225 g/mol. The number of nitrogens with two attached hydrogens (primary N) is 1. The SMILES string of the molecule is Cn1c(N)cc2c(Br)nccc21. The highest BCUT2D eigenvalue weighted by molar-refractivity contribution is 9.10. The van der Waals surface area contributed by atoms with Gasteiger partial charge in [0.25, 0.3) is 0 Å². The largest absolute Gasteiger partial charge is 0.385 e. The van der Waals surface area contributed by atoms with Crippen molar-refractivity contribution in [3.63, 3.8) is 0 Å². The summed E-state index contributed by atoms with van der Waals surface area (Å²) < 4.78 is 2.77. The second kappa shape index (κ2) is 2.48. The van der Waals surface area contributed by atoms with Gasteiger partial charge in [-0.1, -0.05) is 0 Å². The first-order valence-electron chi connectivity index (χ1n) is 3.55. The molecule has 0 unspecified atom stereocenters. The van der Waals surface area contributed by atoms with Gasteiger partial charge in [0.2, 0.25) is 0 Å². The second-order valence-electron chi connectivity index (χ2n) is 2.66. The third-order valence-corrected chi connectivity index (χ3v) is 2.59. The molecule has 62 valence electrons. The minimum Gasteiger partial charge on any atom is -0.385 e. The van der Waals surface area contributed by atoms with Crippen LogP contribution in [0.3, 0.4) is 0 Å². The number of nitrogen functional groups attached to an aromatic ring is 1. The van der Waals surface area contributed by atoms with Crippen LogP contribution in [0.1, 0.15) is 0 Å². The van der Waals surface area contributed by atoms with E-state index in [0.29, 0.717) is 0 Å². The van der Waals surface area contributed by atoms with E-state index in [0.717, 1.165) is 21.3 Å². The summed E-state index contributed by atoms with van der Waals surface area (Å²) in [5, 5.41) is 1.05. The van der Waals surface area contributed by atoms with Gasteiger partial charge in [-0.15, -0.1) is 0 Å². The molecule has 2 aromatic heterocycles. The fourth-order valence-electron chi connectivity index (χ4n) is 1.25. The minimum atomic E-state index is 0.749. The number of hydrogen-bond acceptors (Lipinski definition) is 2. The van der Waals surface area contributed by atoms with Crippen LogP contribution in [0.25, 0.3) is 10.9 Å². The number of hydrogen-bond donors (Lipinski definition) is 1. The minimum absolute atomic E-state index is 0.749. The van der Waals surface area contributed by atoms with Gasteiger partial charge in [0, 0.05) is 18.6 Å². The first-order valence-corrected chi connectivity index (χ1v) is 4.35. The van der Waals surface area contributed by atoms with Crippen LogP contribution in [0.5, 0.6) is 0 Å². The Morgan fingerprint density at radius 1 is 1.58 bits per heavy atom. The molecule has 0 aliphatic carbocycles. The zero-order valence-electron chi connectivity index (χ0n) is 6.58. The molecule has 0 atom stereocenters. The first kappa shape index (κ1) is 7.61. The van der Waals surface area contributed by atoms with Gasteiger partial charge >= 0.3 is 0 Å². The summed E-state index contributed by atoms with van der Waals surface area (Å²) in [7, 11) is 1.93. The second-order valence-corrected chi connectivity index (χ2v) is 3.41. The van der Waals surface area contributed by atoms with E-state index in [1.54, 1.807) is 6.20 Å². The van der Waals surface area contributed by atoms with E-state index >= 15 is 0 Å². The van der Waals surface area contributed by atoms with Gasteiger partial charge in [0.1, 0.15) is 10.4 Å². The van der Waals surface area contributed by atoms with E-state index in [2.05, 4.69) is 20.9 Å². The highest BCUT2D eigenvalue weighted by Gasteiger charge is 2.05. The van der Waals surface area contributed by atoms with E-state index in [1.165, 1.54) is 0 Å². The van der Waals surface area contributed by atoms with E-state index < -0.39 is 0 Å². The number of aromatic nitrogens is 2. The molecular formula is C8H8BrN3. The quantitative estimate of drug-likeness (QED) is 0.697. The van der Waals surface area contributed by atoms with Crippen molar-refractivity contribution >= 4 is 32.7 Å². The molecule has 2 heterocycles. The maximum absolute atomic E-state index is 5.74. The average Bonchev–Trinajstić information content (AvgIpc) is 2.32. The zero-order chi connectivity index (χ0) is 8.72. The van der Waals surface area contributed by atoms with E-state index in [-0.39, 0.29) is 0 Å². The molecule has 0 spiro atoms. The summed E-state index contributed by atoms with van der Waals surface area (Å²) in [6.45, 7) is 0. The third kappa shape index (κ3) is 0.914. The third-order valence-electron chi connectivity index (χ3n) is 1.96. The molecule has 2 rings (SSSR count). The highest BCUT2D eigenvalue weighted by atomic mass is 79.9. The normalized spacial score (nSPS) is 10.8. The highest BCUT2D eigenvalue weighted by Crippen LogP contribution is 2.25. The van der Waals surface area contributed by atoms with Crippen LogP contribution in [0.4, 0.5) is 5.82 Å². The molecular weight excluding hydrogens is 218 g/mol. The number of pyridine rings is 1. The maximum Gasteiger partial charge on any atom is 0.115 e. The summed E-state index contributed by atoms with van der Waals surface area (Å²) >= 11 is 3.36. The maximum atomic E-state index is 5.74. The van der Waals surface area contributed by atoms with Crippen LogP contribution in [0.2, 0.25) is 0 Å². The fourth-order valence-corrected chi connectivity index (χ4v) is 1.68. The Labute approximate surface area is 78.3 Å². The lowest BCUT2D eigenvalue weighted by molar-refractivity contribution is 0.981. The number of anilines is 1. The molecule has 4 heteroatoms. The van der Waals surface area contributed by atoms with Crippen molar-refractivity contribution in [1.82, 2.24) is 9.55 Å². The van der Waals surface area contributed by atoms with Gasteiger partial charge in [-0.25, -0.2) is 4.98 Å². The molecule has 0 aliphatic rings. The molecule has 2 aromatic rings. The first-order chi connectivity index (χ1) is 5.70. The Hall–Kier alpha value is -1.03. The summed E-state index contributed by atoms with van der Waals surface area (Å²) in [5.74, 6) is 0.749. The molecule has 2 N–H and O–H groups in total. The summed E-state index contributed by atoms with van der Waals surface area (Å²) in [6, 6.07) is 3.85. The lowest BCUT2D eigenvalue weighted by Crippen LogP contribution is -1.94. The Morgan fingerprint density at radius 2 is 2.33 bits per heavy atom. The molecule has 0 bridgehead atoms. The molecule has 0 radical (unpaired) electrons. The number of rotatable bonds is 0. The molecule has 12 heavy (non-hydrogen) atoms. The van der Waals surface area contributed by atoms with Gasteiger partial charge in [0.15, 0.2) is 0 Å². The van der Waals surface area contributed by atoms with Crippen LogP contribution in [-0.2, 0) is 7.05 Å². The van der Waals surface area contributed by atoms with E-state index in [1.807, 2.05) is 23.7 Å². The summed E-state index contributed by atoms with van der Waals surface area (Å²) in [6.07, 6.45) is 1.76. The Kier molecular flexibility index (Phi) is 1.58. The van der Waals surface area contributed by atoms with Crippen LogP contribution in [-0.4, -0.2) is 9.55 Å². The number of fused-ring (bicyclic) bond motifs is 1. The topological polar surface area (TPSA) is 43.8 Å². The van der Waals surface area contributed by atoms with Gasteiger partial charge in [0.05, 0.1) is 5.52 Å². The average molecular weight is 226 g/mol. The molecule has 0 aromatic carbocycles. The number of aryl methyl sites for hydroxylation is 1. The standard InChI is InChI=1S/C8H8BrN3/c1-12-6-2-3-11-8(9)5(6)4-7(12)10/h2-4H,10H2,1H3. The predicted octanol–water partition coefficient (Wildman–Crippen LogP) is 1.92. The fraction of sp³-hybridized carbons (Fsp3) is 0.125. The zero-order valence-corrected chi connectivity index (χ0v) is 8.17. The Bertz CT molecular complexity index is 433. The van der Waals surface area contributed by atoms with Crippen molar-refractivity contribution in [2.24, 2.45) is 7.05 Å². The van der Waals surface area contributed by atoms with Crippen LogP contribution >= 0.6 is 15.9 Å². The lowest BCUT2D eigenvalue weighted by atomic mass is 10.3. The summed E-state index contributed by atoms with van der Waals surface area (Å²) in [4.78, 5) is 4.11. The van der Waals surface area contributed by atoms with Gasteiger partial charge in [-0.2, -0.15) is 0 Å². The molecule has 3 nitrogen and oxygen atoms in total. The number of halogens is 1. The smallest absolute Gasteiger partial charge is 0.115 e. The molecule has 0 saturated heterocycles. The number of nitrogens with zero attached hydrogens (tertiary/aromatic N) is 2. The van der Waals surface area contributed by atoms with Gasteiger partial charge in [-0.3, -0.25) is 0 Å².